The summed E-state index contributed by atoms with van der Waals surface area (Å²) < 4.78 is 1.98. The third-order valence-corrected chi connectivity index (χ3v) is 3.58. The van der Waals surface area contributed by atoms with Crippen molar-refractivity contribution in [2.75, 3.05) is 19.0 Å². The van der Waals surface area contributed by atoms with Crippen LogP contribution in [0.5, 0.6) is 0 Å². The Labute approximate surface area is 138 Å². The maximum Gasteiger partial charge on any atom is 0.216 e. The number of anilines is 1. The van der Waals surface area contributed by atoms with Gasteiger partial charge in [0.25, 0.3) is 0 Å². The molecule has 0 amide bonds. The lowest BCUT2D eigenvalue weighted by Gasteiger charge is -2.11. The molecule has 0 radical (unpaired) electrons. The maximum absolute atomic E-state index is 5.24. The Hall–Kier alpha value is -2.74. The van der Waals surface area contributed by atoms with E-state index in [1.165, 1.54) is 0 Å². The van der Waals surface area contributed by atoms with Crippen LogP contribution in [0.4, 0.5) is 5.69 Å². The van der Waals surface area contributed by atoms with Gasteiger partial charge in [0.05, 0.1) is 6.21 Å². The molecule has 0 unspecified atom stereocenters. The smallest absolute Gasteiger partial charge is 0.216 e. The molecule has 0 fully saturated rings. The van der Waals surface area contributed by atoms with Crippen molar-refractivity contribution < 1.29 is 0 Å². The zero-order chi connectivity index (χ0) is 16.4. The molecular formula is C15H17N7S. The summed E-state index contributed by atoms with van der Waals surface area (Å²) in [5.74, 6) is 0.570. The molecular weight excluding hydrogens is 310 g/mol. The Morgan fingerprint density at radius 2 is 1.91 bits per heavy atom. The third-order valence-electron chi connectivity index (χ3n) is 3.32. The topological polar surface area (TPSA) is 77.9 Å². The number of nitrogens with zero attached hydrogens (tertiary/aromatic N) is 5. The largest absolute Gasteiger partial charge is 0.378 e. The molecule has 0 saturated heterocycles. The Balaban J connectivity index is 1.91. The fourth-order valence-corrected chi connectivity index (χ4v) is 2.26. The van der Waals surface area contributed by atoms with Crippen molar-refractivity contribution in [3.63, 3.8) is 0 Å². The van der Waals surface area contributed by atoms with Crippen molar-refractivity contribution in [1.82, 2.24) is 25.1 Å². The van der Waals surface area contributed by atoms with Crippen LogP contribution in [0.25, 0.3) is 11.5 Å². The van der Waals surface area contributed by atoms with Gasteiger partial charge in [0.15, 0.2) is 0 Å². The maximum atomic E-state index is 5.24. The first-order valence-corrected chi connectivity index (χ1v) is 7.47. The van der Waals surface area contributed by atoms with Crippen molar-refractivity contribution in [2.24, 2.45) is 5.10 Å². The quantitative estimate of drug-likeness (QED) is 0.570. The summed E-state index contributed by atoms with van der Waals surface area (Å²) in [6.07, 6.45) is 1.74. The summed E-state index contributed by atoms with van der Waals surface area (Å²) in [7, 11) is 4.01. The minimum absolute atomic E-state index is 0.418. The normalized spacial score (nSPS) is 11.3. The van der Waals surface area contributed by atoms with E-state index in [1.807, 2.05) is 56.3 Å². The fraction of sp³-hybridized carbons (Fsp3) is 0.200. The molecule has 23 heavy (non-hydrogen) atoms. The average molecular weight is 327 g/mol. The Morgan fingerprint density at radius 1 is 1.17 bits per heavy atom. The minimum atomic E-state index is 0.418. The van der Waals surface area contributed by atoms with Gasteiger partial charge in [0.1, 0.15) is 5.69 Å². The molecule has 1 aromatic carbocycles. The number of hydrogen-bond acceptors (Lipinski definition) is 5. The van der Waals surface area contributed by atoms with Crippen LogP contribution in [-0.2, 0) is 0 Å². The van der Waals surface area contributed by atoms with E-state index in [4.69, 9.17) is 12.2 Å². The first-order chi connectivity index (χ1) is 11.0. The van der Waals surface area contributed by atoms with E-state index in [0.29, 0.717) is 16.3 Å². The number of hydrogen-bond donors (Lipinski definition) is 2. The van der Waals surface area contributed by atoms with Crippen LogP contribution in [0.1, 0.15) is 11.3 Å². The van der Waals surface area contributed by atoms with Crippen molar-refractivity contribution in [2.45, 2.75) is 6.92 Å². The summed E-state index contributed by atoms with van der Waals surface area (Å²) in [4.78, 5) is 2.05. The van der Waals surface area contributed by atoms with E-state index in [1.54, 1.807) is 10.9 Å². The molecule has 7 nitrogen and oxygen atoms in total. The second-order valence-corrected chi connectivity index (χ2v) is 5.72. The fourth-order valence-electron chi connectivity index (χ4n) is 2.08. The van der Waals surface area contributed by atoms with Gasteiger partial charge in [0, 0.05) is 25.5 Å². The molecule has 2 N–H and O–H groups in total. The van der Waals surface area contributed by atoms with Crippen LogP contribution in [-0.4, -0.2) is 45.4 Å². The highest BCUT2D eigenvalue weighted by molar-refractivity contribution is 7.71. The molecule has 0 spiro atoms. The van der Waals surface area contributed by atoms with E-state index in [0.717, 1.165) is 16.9 Å². The zero-order valence-corrected chi connectivity index (χ0v) is 13.9. The van der Waals surface area contributed by atoms with Gasteiger partial charge in [0.2, 0.25) is 10.6 Å². The lowest BCUT2D eigenvalue weighted by molar-refractivity contribution is 0.865. The number of H-pyrrole nitrogens is 2. The molecule has 118 valence electrons. The molecule has 0 aliphatic carbocycles. The lowest BCUT2D eigenvalue weighted by atomic mass is 10.2. The summed E-state index contributed by atoms with van der Waals surface area (Å²) in [5, 5.41) is 18.4. The second kappa shape index (κ2) is 6.17. The molecule has 0 saturated carbocycles. The molecule has 3 aromatic rings. The lowest BCUT2D eigenvalue weighted by Crippen LogP contribution is -2.08. The van der Waals surface area contributed by atoms with E-state index in [9.17, 15) is 0 Å². The number of aromatic nitrogens is 5. The van der Waals surface area contributed by atoms with Gasteiger partial charge in [-0.05, 0) is 42.9 Å². The molecule has 0 bridgehead atoms. The van der Waals surface area contributed by atoms with Crippen molar-refractivity contribution >= 4 is 24.1 Å². The van der Waals surface area contributed by atoms with E-state index in [-0.39, 0.29) is 0 Å². The van der Waals surface area contributed by atoms with Gasteiger partial charge in [-0.25, -0.2) is 5.10 Å². The average Bonchev–Trinajstić information content (AvgIpc) is 3.11. The van der Waals surface area contributed by atoms with Crippen LogP contribution >= 0.6 is 12.2 Å². The van der Waals surface area contributed by atoms with Crippen LogP contribution in [0.15, 0.2) is 35.4 Å². The van der Waals surface area contributed by atoms with Gasteiger partial charge in [-0.2, -0.15) is 20.0 Å². The van der Waals surface area contributed by atoms with Gasteiger partial charge in [-0.1, -0.05) is 12.1 Å². The highest BCUT2D eigenvalue weighted by atomic mass is 32.1. The summed E-state index contributed by atoms with van der Waals surface area (Å²) in [5.41, 5.74) is 3.75. The third kappa shape index (κ3) is 3.21. The van der Waals surface area contributed by atoms with Crippen LogP contribution in [0, 0.1) is 11.7 Å². The monoisotopic (exact) mass is 327 g/mol. The van der Waals surface area contributed by atoms with Gasteiger partial charge < -0.3 is 4.90 Å². The highest BCUT2D eigenvalue weighted by Gasteiger charge is 2.10. The van der Waals surface area contributed by atoms with Crippen molar-refractivity contribution in [3.05, 3.63) is 46.4 Å². The highest BCUT2D eigenvalue weighted by Crippen LogP contribution is 2.15. The van der Waals surface area contributed by atoms with Gasteiger partial charge in [-0.3, -0.25) is 5.10 Å². The zero-order valence-electron chi connectivity index (χ0n) is 13.1. The summed E-state index contributed by atoms with van der Waals surface area (Å²) >= 11 is 5.24. The van der Waals surface area contributed by atoms with Crippen molar-refractivity contribution in [3.8, 4) is 11.5 Å². The van der Waals surface area contributed by atoms with Crippen LogP contribution in [0.2, 0.25) is 0 Å². The molecule has 0 aliphatic heterocycles. The molecule has 0 aliphatic rings. The predicted octanol–water partition coefficient (Wildman–Crippen LogP) is 2.59. The Bertz CT molecular complexity index is 883. The SMILES string of the molecule is Cc1cc(-c2n[nH]c(=S)n2N=Cc2ccc(N(C)C)cc2)n[nH]1. The van der Waals surface area contributed by atoms with Gasteiger partial charge in [-0.15, -0.1) is 0 Å². The first kappa shape index (κ1) is 15.2. The van der Waals surface area contributed by atoms with Crippen LogP contribution in [0.3, 0.4) is 0 Å². The molecule has 0 atom stereocenters. The predicted molar refractivity (Wildman–Crippen MR) is 93.5 cm³/mol. The van der Waals surface area contributed by atoms with E-state index >= 15 is 0 Å². The Morgan fingerprint density at radius 3 is 2.52 bits per heavy atom. The number of aryl methyl sites for hydroxylation is 1. The standard InChI is InChI=1S/C15H17N7S/c1-10-8-13(18-17-10)14-19-20-15(23)22(14)16-9-11-4-6-12(7-5-11)21(2)3/h4-9H,1-3H3,(H,17,18)(H,20,23). The molecule has 2 aromatic heterocycles. The van der Waals surface area contributed by atoms with Crippen molar-refractivity contribution in [1.29, 1.82) is 0 Å². The molecule has 3 rings (SSSR count). The van der Waals surface area contributed by atoms with E-state index in [2.05, 4.69) is 25.5 Å². The molecule has 8 heteroatoms. The van der Waals surface area contributed by atoms with Gasteiger partial charge >= 0.3 is 0 Å². The summed E-state index contributed by atoms with van der Waals surface area (Å²) in [6.45, 7) is 1.93. The second-order valence-electron chi connectivity index (χ2n) is 5.33. The number of benzene rings is 1. The van der Waals surface area contributed by atoms with E-state index < -0.39 is 0 Å². The first-order valence-electron chi connectivity index (χ1n) is 7.06. The number of nitrogens with one attached hydrogen (secondary N) is 2. The van der Waals surface area contributed by atoms with Crippen LogP contribution < -0.4 is 4.90 Å². The Kier molecular flexibility index (Phi) is 4.07. The number of aromatic amines is 2. The summed E-state index contributed by atoms with van der Waals surface area (Å²) in [6, 6.07) is 9.96. The minimum Gasteiger partial charge on any atom is -0.378 e. The number of rotatable bonds is 4. The molecule has 2 heterocycles.